The number of unbranched alkanes of at least 4 members (excludes halogenated alkanes) is 3. The van der Waals surface area contributed by atoms with Gasteiger partial charge in [-0.1, -0.05) is 33.1 Å². The van der Waals surface area contributed by atoms with Crippen molar-refractivity contribution in [1.82, 2.24) is 0 Å². The summed E-state index contributed by atoms with van der Waals surface area (Å²) in [4.78, 5) is 22.6. The van der Waals surface area contributed by atoms with E-state index in [1.54, 1.807) is 0 Å². The fourth-order valence-electron chi connectivity index (χ4n) is 1.53. The van der Waals surface area contributed by atoms with Gasteiger partial charge in [0.05, 0.1) is 6.61 Å². The summed E-state index contributed by atoms with van der Waals surface area (Å²) in [5, 5.41) is 9.06. The molecular weight excluding hydrogens is 248 g/mol. The third-order valence-corrected chi connectivity index (χ3v) is 2.62. The number of hydrogen-bond donors (Lipinski definition) is 1. The number of esters is 2. The number of carbonyl (C=O) groups excluding carboxylic acids is 2. The second-order valence-electron chi connectivity index (χ2n) is 4.54. The lowest BCUT2D eigenvalue weighted by molar-refractivity contribution is -0.161. The van der Waals surface area contributed by atoms with Crippen LogP contribution in [0.15, 0.2) is 0 Å². The molecule has 5 nitrogen and oxygen atoms in total. The molecule has 1 atom stereocenters. The predicted octanol–water partition coefficient (Wildman–Crippen LogP) is 2.20. The van der Waals surface area contributed by atoms with Crippen LogP contribution in [0.4, 0.5) is 0 Å². The van der Waals surface area contributed by atoms with Gasteiger partial charge in [0, 0.05) is 12.8 Å². The second-order valence-corrected chi connectivity index (χ2v) is 4.54. The van der Waals surface area contributed by atoms with E-state index in [9.17, 15) is 9.59 Å². The fraction of sp³-hybridized carbons (Fsp3) is 0.857. The molecule has 0 bridgehead atoms. The van der Waals surface area contributed by atoms with E-state index < -0.39 is 6.10 Å². The number of aliphatic hydroxyl groups excluding tert-OH is 1. The zero-order chi connectivity index (χ0) is 14.5. The van der Waals surface area contributed by atoms with Crippen molar-refractivity contribution < 1.29 is 24.2 Å². The first-order valence-electron chi connectivity index (χ1n) is 7.09. The van der Waals surface area contributed by atoms with Gasteiger partial charge in [0.15, 0.2) is 6.10 Å². The SMILES string of the molecule is CCCCCCC(=O)OC(CO)COC(=O)CCC. The molecule has 112 valence electrons. The van der Waals surface area contributed by atoms with Gasteiger partial charge in [-0.3, -0.25) is 9.59 Å². The minimum Gasteiger partial charge on any atom is -0.462 e. The largest absolute Gasteiger partial charge is 0.462 e. The average molecular weight is 274 g/mol. The molecule has 0 radical (unpaired) electrons. The summed E-state index contributed by atoms with van der Waals surface area (Å²) >= 11 is 0. The molecule has 0 aromatic carbocycles. The normalized spacial score (nSPS) is 11.9. The Morgan fingerprint density at radius 2 is 1.74 bits per heavy atom. The highest BCUT2D eigenvalue weighted by Crippen LogP contribution is 2.05. The molecule has 0 rings (SSSR count). The van der Waals surface area contributed by atoms with Crippen LogP contribution in [0.5, 0.6) is 0 Å². The molecule has 0 aliphatic heterocycles. The molecule has 0 heterocycles. The highest BCUT2D eigenvalue weighted by atomic mass is 16.6. The van der Waals surface area contributed by atoms with Gasteiger partial charge < -0.3 is 14.6 Å². The third-order valence-electron chi connectivity index (χ3n) is 2.62. The van der Waals surface area contributed by atoms with Gasteiger partial charge in [0.2, 0.25) is 0 Å². The first kappa shape index (κ1) is 17.9. The summed E-state index contributed by atoms with van der Waals surface area (Å²) in [7, 11) is 0. The van der Waals surface area contributed by atoms with E-state index in [2.05, 4.69) is 6.92 Å². The van der Waals surface area contributed by atoms with E-state index in [4.69, 9.17) is 14.6 Å². The summed E-state index contributed by atoms with van der Waals surface area (Å²) in [5.74, 6) is -0.679. The highest BCUT2D eigenvalue weighted by molar-refractivity contribution is 5.70. The third kappa shape index (κ3) is 10.5. The molecule has 0 fully saturated rings. The van der Waals surface area contributed by atoms with Crippen LogP contribution < -0.4 is 0 Å². The van der Waals surface area contributed by atoms with E-state index in [-0.39, 0.29) is 25.2 Å². The van der Waals surface area contributed by atoms with Crippen molar-refractivity contribution in [3.63, 3.8) is 0 Å². The van der Waals surface area contributed by atoms with Crippen LogP contribution >= 0.6 is 0 Å². The maximum absolute atomic E-state index is 11.5. The Kier molecular flexibility index (Phi) is 11.3. The number of rotatable bonds is 11. The molecule has 0 aliphatic rings. The van der Waals surface area contributed by atoms with E-state index in [1.807, 2.05) is 6.92 Å². The van der Waals surface area contributed by atoms with Crippen LogP contribution in [-0.2, 0) is 19.1 Å². The second kappa shape index (κ2) is 12.0. The number of aliphatic hydroxyl groups is 1. The molecular formula is C14H26O5. The monoisotopic (exact) mass is 274 g/mol. The van der Waals surface area contributed by atoms with Crippen LogP contribution in [0.2, 0.25) is 0 Å². The van der Waals surface area contributed by atoms with Crippen molar-refractivity contribution in [2.45, 2.75) is 64.9 Å². The first-order chi connectivity index (χ1) is 9.13. The number of hydrogen-bond acceptors (Lipinski definition) is 5. The maximum Gasteiger partial charge on any atom is 0.306 e. The van der Waals surface area contributed by atoms with Gasteiger partial charge in [-0.15, -0.1) is 0 Å². The lowest BCUT2D eigenvalue weighted by Gasteiger charge is -2.15. The molecule has 0 aromatic heterocycles. The van der Waals surface area contributed by atoms with E-state index >= 15 is 0 Å². The van der Waals surface area contributed by atoms with Gasteiger partial charge >= 0.3 is 11.9 Å². The quantitative estimate of drug-likeness (QED) is 0.462. The van der Waals surface area contributed by atoms with Crippen molar-refractivity contribution in [2.75, 3.05) is 13.2 Å². The zero-order valence-electron chi connectivity index (χ0n) is 12.0. The van der Waals surface area contributed by atoms with Crippen molar-refractivity contribution in [3.05, 3.63) is 0 Å². The van der Waals surface area contributed by atoms with Crippen LogP contribution in [0.25, 0.3) is 0 Å². The van der Waals surface area contributed by atoms with Crippen molar-refractivity contribution in [3.8, 4) is 0 Å². The lowest BCUT2D eigenvalue weighted by atomic mass is 10.1. The van der Waals surface area contributed by atoms with Crippen molar-refractivity contribution in [1.29, 1.82) is 0 Å². The molecule has 0 saturated heterocycles. The minimum absolute atomic E-state index is 0.0734. The fourth-order valence-corrected chi connectivity index (χ4v) is 1.53. The summed E-state index contributed by atoms with van der Waals surface area (Å²) < 4.78 is 9.95. The molecule has 0 aliphatic carbocycles. The minimum atomic E-state index is -0.750. The molecule has 5 heteroatoms. The molecule has 0 amide bonds. The standard InChI is InChI=1S/C14H26O5/c1-3-5-6-7-9-14(17)19-12(10-15)11-18-13(16)8-4-2/h12,15H,3-11H2,1-2H3. The summed E-state index contributed by atoms with van der Waals surface area (Å²) in [6.45, 7) is 3.57. The Morgan fingerprint density at radius 1 is 1.00 bits per heavy atom. The van der Waals surface area contributed by atoms with Crippen LogP contribution in [-0.4, -0.2) is 36.4 Å². The van der Waals surface area contributed by atoms with Gasteiger partial charge in [-0.25, -0.2) is 0 Å². The predicted molar refractivity (Wildman–Crippen MR) is 71.6 cm³/mol. The summed E-state index contributed by atoms with van der Waals surface area (Å²) in [5.41, 5.74) is 0. The van der Waals surface area contributed by atoms with Crippen molar-refractivity contribution in [2.24, 2.45) is 0 Å². The van der Waals surface area contributed by atoms with Crippen LogP contribution in [0.1, 0.15) is 58.8 Å². The van der Waals surface area contributed by atoms with Gasteiger partial charge in [0.1, 0.15) is 6.61 Å². The molecule has 0 aromatic rings. The molecule has 1 unspecified atom stereocenters. The molecule has 19 heavy (non-hydrogen) atoms. The Morgan fingerprint density at radius 3 is 2.32 bits per heavy atom. The zero-order valence-corrected chi connectivity index (χ0v) is 12.0. The Bertz CT molecular complexity index is 252. The molecule has 1 N–H and O–H groups in total. The average Bonchev–Trinajstić information content (AvgIpc) is 2.40. The van der Waals surface area contributed by atoms with E-state index in [0.29, 0.717) is 19.3 Å². The molecule has 0 spiro atoms. The lowest BCUT2D eigenvalue weighted by Crippen LogP contribution is -2.28. The van der Waals surface area contributed by atoms with Gasteiger partial charge in [0.25, 0.3) is 0 Å². The van der Waals surface area contributed by atoms with E-state index in [1.165, 1.54) is 0 Å². The van der Waals surface area contributed by atoms with Gasteiger partial charge in [-0.2, -0.15) is 0 Å². The maximum atomic E-state index is 11.5. The van der Waals surface area contributed by atoms with E-state index in [0.717, 1.165) is 25.7 Å². The number of ether oxygens (including phenoxy) is 2. The first-order valence-corrected chi connectivity index (χ1v) is 7.09. The Hall–Kier alpha value is -1.10. The summed E-state index contributed by atoms with van der Waals surface area (Å²) in [6, 6.07) is 0. The van der Waals surface area contributed by atoms with Gasteiger partial charge in [-0.05, 0) is 12.8 Å². The highest BCUT2D eigenvalue weighted by Gasteiger charge is 2.15. The number of carbonyl (C=O) groups is 2. The smallest absolute Gasteiger partial charge is 0.306 e. The topological polar surface area (TPSA) is 72.8 Å². The van der Waals surface area contributed by atoms with Crippen LogP contribution in [0, 0.1) is 0 Å². The molecule has 0 saturated carbocycles. The Balaban J connectivity index is 3.78. The Labute approximate surface area is 115 Å². The van der Waals surface area contributed by atoms with Crippen molar-refractivity contribution >= 4 is 11.9 Å². The summed E-state index contributed by atoms with van der Waals surface area (Å²) in [6.07, 6.45) is 4.65. The van der Waals surface area contributed by atoms with Crippen LogP contribution in [0.3, 0.4) is 0 Å².